The molecule has 20 heavy (non-hydrogen) atoms. The van der Waals surface area contributed by atoms with Crippen molar-refractivity contribution in [3.05, 3.63) is 27.8 Å². The highest BCUT2D eigenvalue weighted by Gasteiger charge is 2.36. The van der Waals surface area contributed by atoms with Gasteiger partial charge in [0, 0.05) is 22.8 Å². The molecule has 0 saturated carbocycles. The number of nitro benzene ring substituents is 1. The lowest BCUT2D eigenvalue weighted by Crippen LogP contribution is -2.19. The lowest BCUT2D eigenvalue weighted by molar-refractivity contribution is -0.385. The molecule has 0 aromatic heterocycles. The van der Waals surface area contributed by atoms with Gasteiger partial charge in [-0.2, -0.15) is 0 Å². The minimum absolute atomic E-state index is 0.223. The maximum absolute atomic E-state index is 12.2. The van der Waals surface area contributed by atoms with Crippen molar-refractivity contribution in [2.45, 2.75) is 11.3 Å². The number of aldehydes is 1. The topological polar surface area (TPSA) is 104 Å². The molecule has 0 aliphatic heterocycles. The number of nitrogens with zero attached hydrogens (tertiary/aromatic N) is 1. The molecule has 1 aromatic rings. The van der Waals surface area contributed by atoms with Gasteiger partial charge in [0.25, 0.3) is 14.7 Å². The second-order valence-electron chi connectivity index (χ2n) is 3.22. The van der Waals surface area contributed by atoms with Crippen LogP contribution in [0.5, 0.6) is 5.75 Å². The standard InChI is InChI=1S/C8H3ClF3NO6S/c9-20(17,18)6-2-5(13(15)16)1-4(3-14)7(6)19-8(10,11)12/h1-3H. The van der Waals surface area contributed by atoms with E-state index >= 15 is 0 Å². The number of hydrogen-bond acceptors (Lipinski definition) is 6. The fourth-order valence-electron chi connectivity index (χ4n) is 1.21. The van der Waals surface area contributed by atoms with E-state index in [9.17, 15) is 36.5 Å². The van der Waals surface area contributed by atoms with Crippen LogP contribution in [0.2, 0.25) is 0 Å². The number of alkyl halides is 3. The molecular formula is C8H3ClF3NO6S. The van der Waals surface area contributed by atoms with Crippen LogP contribution in [0, 0.1) is 10.1 Å². The third-order valence-corrected chi connectivity index (χ3v) is 3.21. The van der Waals surface area contributed by atoms with Gasteiger partial charge in [0.2, 0.25) is 0 Å². The first kappa shape index (κ1) is 16.2. The van der Waals surface area contributed by atoms with Crippen LogP contribution in [0.1, 0.15) is 10.4 Å². The van der Waals surface area contributed by atoms with Gasteiger partial charge in [-0.15, -0.1) is 13.2 Å². The molecule has 0 radical (unpaired) electrons. The molecule has 0 N–H and O–H groups in total. The van der Waals surface area contributed by atoms with Crippen LogP contribution in [-0.4, -0.2) is 26.0 Å². The van der Waals surface area contributed by atoms with Crippen molar-refractivity contribution < 1.29 is 36.0 Å². The van der Waals surface area contributed by atoms with Crippen molar-refractivity contribution in [1.29, 1.82) is 0 Å². The van der Waals surface area contributed by atoms with Crippen LogP contribution in [-0.2, 0) is 9.05 Å². The van der Waals surface area contributed by atoms with Crippen molar-refractivity contribution in [3.63, 3.8) is 0 Å². The number of nitro groups is 1. The van der Waals surface area contributed by atoms with Crippen LogP contribution >= 0.6 is 10.7 Å². The van der Waals surface area contributed by atoms with Crippen molar-refractivity contribution in [1.82, 2.24) is 0 Å². The number of non-ortho nitro benzene ring substituents is 1. The first-order valence-corrected chi connectivity index (χ1v) is 6.74. The van der Waals surface area contributed by atoms with Gasteiger partial charge in [0.05, 0.1) is 10.5 Å². The summed E-state index contributed by atoms with van der Waals surface area (Å²) in [5.41, 5.74) is -1.91. The molecule has 0 atom stereocenters. The number of carbonyl (C=O) groups excluding carboxylic acids is 1. The number of carbonyl (C=O) groups is 1. The molecule has 12 heteroatoms. The SMILES string of the molecule is O=Cc1cc([N+](=O)[O-])cc(S(=O)(=O)Cl)c1OC(F)(F)F. The first-order chi connectivity index (χ1) is 8.95. The Labute approximate surface area is 113 Å². The Hall–Kier alpha value is -1.88. The van der Waals surface area contributed by atoms with E-state index in [1.807, 2.05) is 0 Å². The van der Waals surface area contributed by atoms with Gasteiger partial charge in [-0.25, -0.2) is 8.42 Å². The minimum Gasteiger partial charge on any atom is -0.404 e. The Morgan fingerprint density at radius 1 is 1.35 bits per heavy atom. The Bertz CT molecular complexity index is 672. The highest BCUT2D eigenvalue weighted by molar-refractivity contribution is 8.13. The smallest absolute Gasteiger partial charge is 0.404 e. The Morgan fingerprint density at radius 2 is 1.90 bits per heavy atom. The van der Waals surface area contributed by atoms with Gasteiger partial charge in [-0.05, 0) is 0 Å². The minimum atomic E-state index is -5.32. The molecule has 0 aliphatic rings. The average molecular weight is 334 g/mol. The molecule has 0 saturated heterocycles. The van der Waals surface area contributed by atoms with Gasteiger partial charge in [-0.1, -0.05) is 0 Å². The zero-order chi connectivity index (χ0) is 15.7. The molecule has 0 heterocycles. The maximum atomic E-state index is 12.2. The van der Waals surface area contributed by atoms with Crippen LogP contribution in [0.4, 0.5) is 18.9 Å². The molecule has 0 aliphatic carbocycles. The Kier molecular flexibility index (Phi) is 4.24. The summed E-state index contributed by atoms with van der Waals surface area (Å²) < 4.78 is 62.2. The monoisotopic (exact) mass is 333 g/mol. The van der Waals surface area contributed by atoms with Crippen LogP contribution in [0.15, 0.2) is 17.0 Å². The Balaban J connectivity index is 3.70. The molecule has 1 rings (SSSR count). The van der Waals surface area contributed by atoms with Gasteiger partial charge < -0.3 is 4.74 Å². The van der Waals surface area contributed by atoms with Gasteiger partial charge in [0.1, 0.15) is 4.90 Å². The zero-order valence-electron chi connectivity index (χ0n) is 9.05. The summed E-state index contributed by atoms with van der Waals surface area (Å²) >= 11 is 0. The van der Waals surface area contributed by atoms with Crippen molar-refractivity contribution in [2.24, 2.45) is 0 Å². The second kappa shape index (κ2) is 5.25. The lowest BCUT2D eigenvalue weighted by atomic mass is 10.2. The van der Waals surface area contributed by atoms with E-state index in [2.05, 4.69) is 4.74 Å². The third kappa shape index (κ3) is 3.81. The van der Waals surface area contributed by atoms with Crippen molar-refractivity contribution in [3.8, 4) is 5.75 Å². The van der Waals surface area contributed by atoms with E-state index in [-0.39, 0.29) is 12.4 Å². The van der Waals surface area contributed by atoms with E-state index in [0.29, 0.717) is 6.07 Å². The summed E-state index contributed by atoms with van der Waals surface area (Å²) in [6.45, 7) is 0. The zero-order valence-corrected chi connectivity index (χ0v) is 10.6. The summed E-state index contributed by atoms with van der Waals surface area (Å²) in [6, 6.07) is 0.691. The molecule has 0 bridgehead atoms. The Morgan fingerprint density at radius 3 is 2.25 bits per heavy atom. The largest absolute Gasteiger partial charge is 0.573 e. The van der Waals surface area contributed by atoms with E-state index in [1.54, 1.807) is 0 Å². The van der Waals surface area contributed by atoms with Gasteiger partial charge in [0.15, 0.2) is 12.0 Å². The van der Waals surface area contributed by atoms with Crippen LogP contribution < -0.4 is 4.74 Å². The molecule has 110 valence electrons. The molecular weight excluding hydrogens is 331 g/mol. The fraction of sp³-hybridized carbons (Fsp3) is 0.125. The third-order valence-electron chi connectivity index (χ3n) is 1.89. The van der Waals surface area contributed by atoms with Crippen LogP contribution in [0.25, 0.3) is 0 Å². The molecule has 0 spiro atoms. The van der Waals surface area contributed by atoms with E-state index in [0.717, 1.165) is 0 Å². The van der Waals surface area contributed by atoms with E-state index in [1.165, 1.54) is 0 Å². The molecule has 0 unspecified atom stereocenters. The summed E-state index contributed by atoms with van der Waals surface area (Å²) in [5.74, 6) is -1.42. The number of ether oxygens (including phenoxy) is 1. The summed E-state index contributed by atoms with van der Waals surface area (Å²) in [5, 5.41) is 10.5. The van der Waals surface area contributed by atoms with Gasteiger partial charge >= 0.3 is 6.36 Å². The summed E-state index contributed by atoms with van der Waals surface area (Å²) in [7, 11) is 0.0739. The molecule has 7 nitrogen and oxygen atoms in total. The number of benzene rings is 1. The second-order valence-corrected chi connectivity index (χ2v) is 5.76. The highest BCUT2D eigenvalue weighted by atomic mass is 35.7. The summed E-state index contributed by atoms with van der Waals surface area (Å²) in [4.78, 5) is 18.8. The number of hydrogen-bond donors (Lipinski definition) is 0. The fourth-order valence-corrected chi connectivity index (χ4v) is 2.19. The summed E-state index contributed by atoms with van der Waals surface area (Å²) in [6.07, 6.45) is -5.54. The van der Waals surface area contributed by atoms with Crippen LogP contribution in [0.3, 0.4) is 0 Å². The average Bonchev–Trinajstić information content (AvgIpc) is 2.25. The van der Waals surface area contributed by atoms with Crippen molar-refractivity contribution in [2.75, 3.05) is 0 Å². The molecule has 0 fully saturated rings. The van der Waals surface area contributed by atoms with Gasteiger partial charge in [-0.3, -0.25) is 14.9 Å². The van der Waals surface area contributed by atoms with E-state index < -0.39 is 42.2 Å². The number of rotatable bonds is 4. The predicted molar refractivity (Wildman–Crippen MR) is 58.2 cm³/mol. The maximum Gasteiger partial charge on any atom is 0.573 e. The lowest BCUT2D eigenvalue weighted by Gasteiger charge is -2.13. The first-order valence-electron chi connectivity index (χ1n) is 4.43. The molecule has 1 aromatic carbocycles. The number of halogens is 4. The van der Waals surface area contributed by atoms with Crippen molar-refractivity contribution >= 4 is 31.7 Å². The normalized spacial score (nSPS) is 12.0. The highest BCUT2D eigenvalue weighted by Crippen LogP contribution is 2.37. The predicted octanol–water partition coefficient (Wildman–Crippen LogP) is 2.23. The van der Waals surface area contributed by atoms with E-state index in [4.69, 9.17) is 10.7 Å². The molecule has 0 amide bonds. The quantitative estimate of drug-likeness (QED) is 0.362.